The average Bonchev–Trinajstić information content (AvgIpc) is 2.55. The van der Waals surface area contributed by atoms with Crippen molar-refractivity contribution in [2.45, 2.75) is 19.4 Å². The van der Waals surface area contributed by atoms with E-state index < -0.39 is 0 Å². The fourth-order valence-electron chi connectivity index (χ4n) is 2.12. The van der Waals surface area contributed by atoms with E-state index in [0.717, 1.165) is 23.0 Å². The van der Waals surface area contributed by atoms with Gasteiger partial charge in [0.2, 0.25) is 0 Å². The summed E-state index contributed by atoms with van der Waals surface area (Å²) in [5.74, 6) is 1.38. The molecule has 0 spiro atoms. The van der Waals surface area contributed by atoms with E-state index in [-0.39, 0.29) is 6.04 Å². The number of ether oxygens (including phenoxy) is 1. The fraction of sp³-hybridized carbons (Fsp3) is 0.176. The molecule has 106 valence electrons. The molecule has 0 saturated heterocycles. The molecular weight excluding hydrogens is 262 g/mol. The fourth-order valence-corrected chi connectivity index (χ4v) is 2.12. The Kier molecular flexibility index (Phi) is 3.79. The Bertz CT molecular complexity index is 740. The minimum atomic E-state index is -0.0265. The molecule has 2 N–H and O–H groups in total. The minimum absolute atomic E-state index is 0.0265. The summed E-state index contributed by atoms with van der Waals surface area (Å²) in [5.41, 5.74) is 7.77. The number of pyridine rings is 2. The molecule has 0 saturated carbocycles. The summed E-state index contributed by atoms with van der Waals surface area (Å²) in [6, 6.07) is 13.7. The molecule has 1 atom stereocenters. The molecule has 1 aromatic carbocycles. The molecule has 21 heavy (non-hydrogen) atoms. The van der Waals surface area contributed by atoms with E-state index in [1.807, 2.05) is 49.4 Å². The Morgan fingerprint density at radius 2 is 1.86 bits per heavy atom. The van der Waals surface area contributed by atoms with Crippen LogP contribution in [0.3, 0.4) is 0 Å². The molecule has 2 aromatic heterocycles. The van der Waals surface area contributed by atoms with Gasteiger partial charge in [-0.2, -0.15) is 0 Å². The predicted octanol–water partition coefficient (Wildman–Crippen LogP) is 3.83. The molecule has 0 aliphatic heterocycles. The Labute approximate surface area is 123 Å². The summed E-state index contributed by atoms with van der Waals surface area (Å²) < 4.78 is 5.79. The Hall–Kier alpha value is -2.46. The molecule has 3 aromatic rings. The first-order chi connectivity index (χ1) is 10.3. The lowest BCUT2D eigenvalue weighted by Gasteiger charge is -2.10. The smallest absolute Gasteiger partial charge is 0.146 e. The van der Waals surface area contributed by atoms with Gasteiger partial charge in [-0.15, -0.1) is 0 Å². The van der Waals surface area contributed by atoms with Gasteiger partial charge in [-0.3, -0.25) is 9.97 Å². The van der Waals surface area contributed by atoms with Crippen LogP contribution in [0.5, 0.6) is 11.5 Å². The summed E-state index contributed by atoms with van der Waals surface area (Å²) in [6.07, 6.45) is 4.27. The Morgan fingerprint density at radius 3 is 2.62 bits per heavy atom. The second kappa shape index (κ2) is 5.89. The summed E-state index contributed by atoms with van der Waals surface area (Å²) in [4.78, 5) is 8.71. The maximum atomic E-state index is 5.95. The largest absolute Gasteiger partial charge is 0.454 e. The van der Waals surface area contributed by atoms with E-state index in [1.54, 1.807) is 12.4 Å². The third-order valence-electron chi connectivity index (χ3n) is 3.38. The molecule has 0 unspecified atom stereocenters. The molecule has 0 aliphatic rings. The second-order valence-corrected chi connectivity index (χ2v) is 4.90. The summed E-state index contributed by atoms with van der Waals surface area (Å²) in [5, 5.41) is 1.05. The first-order valence-corrected chi connectivity index (χ1v) is 7.00. The van der Waals surface area contributed by atoms with Gasteiger partial charge in [-0.05, 0) is 30.7 Å². The van der Waals surface area contributed by atoms with E-state index >= 15 is 0 Å². The lowest BCUT2D eigenvalue weighted by atomic mass is 10.1. The second-order valence-electron chi connectivity index (χ2n) is 4.90. The van der Waals surface area contributed by atoms with Crippen molar-refractivity contribution in [3.63, 3.8) is 0 Å². The number of nitrogens with two attached hydrogens (primary N) is 1. The highest BCUT2D eigenvalue weighted by atomic mass is 16.5. The third-order valence-corrected chi connectivity index (χ3v) is 3.38. The maximum absolute atomic E-state index is 5.95. The van der Waals surface area contributed by atoms with Crippen molar-refractivity contribution in [2.24, 2.45) is 5.73 Å². The predicted molar refractivity (Wildman–Crippen MR) is 83.3 cm³/mol. The van der Waals surface area contributed by atoms with Crippen LogP contribution >= 0.6 is 0 Å². The van der Waals surface area contributed by atoms with Crippen LogP contribution in [0, 0.1) is 0 Å². The van der Waals surface area contributed by atoms with E-state index in [0.29, 0.717) is 11.5 Å². The quantitative estimate of drug-likeness (QED) is 0.788. The van der Waals surface area contributed by atoms with Crippen LogP contribution in [0.2, 0.25) is 0 Å². The van der Waals surface area contributed by atoms with Crippen molar-refractivity contribution >= 4 is 10.9 Å². The van der Waals surface area contributed by atoms with Crippen molar-refractivity contribution in [1.29, 1.82) is 0 Å². The van der Waals surface area contributed by atoms with Crippen molar-refractivity contribution in [2.75, 3.05) is 0 Å². The monoisotopic (exact) mass is 279 g/mol. The zero-order chi connectivity index (χ0) is 14.7. The van der Waals surface area contributed by atoms with Crippen molar-refractivity contribution in [1.82, 2.24) is 9.97 Å². The van der Waals surface area contributed by atoms with Gasteiger partial charge in [0.25, 0.3) is 0 Å². The van der Waals surface area contributed by atoms with Gasteiger partial charge in [0.1, 0.15) is 11.5 Å². The van der Waals surface area contributed by atoms with Gasteiger partial charge in [0.15, 0.2) is 0 Å². The lowest BCUT2D eigenvalue weighted by Crippen LogP contribution is -2.10. The van der Waals surface area contributed by atoms with Gasteiger partial charge < -0.3 is 10.5 Å². The number of nitrogens with zero attached hydrogens (tertiary/aromatic N) is 2. The van der Waals surface area contributed by atoms with Crippen LogP contribution in [0.25, 0.3) is 10.9 Å². The van der Waals surface area contributed by atoms with Crippen LogP contribution in [0.1, 0.15) is 25.1 Å². The maximum Gasteiger partial charge on any atom is 0.146 e. The minimum Gasteiger partial charge on any atom is -0.454 e. The zero-order valence-electron chi connectivity index (χ0n) is 11.9. The molecule has 0 bridgehead atoms. The zero-order valence-corrected chi connectivity index (χ0v) is 11.9. The molecule has 0 radical (unpaired) electrons. The van der Waals surface area contributed by atoms with Crippen molar-refractivity contribution in [3.8, 4) is 11.5 Å². The summed E-state index contributed by atoms with van der Waals surface area (Å²) in [7, 11) is 0. The van der Waals surface area contributed by atoms with Gasteiger partial charge >= 0.3 is 0 Å². The molecule has 0 aliphatic carbocycles. The van der Waals surface area contributed by atoms with Gasteiger partial charge in [-0.1, -0.05) is 25.1 Å². The van der Waals surface area contributed by atoms with E-state index in [4.69, 9.17) is 10.5 Å². The van der Waals surface area contributed by atoms with E-state index in [2.05, 4.69) is 9.97 Å². The van der Waals surface area contributed by atoms with Crippen LogP contribution in [-0.4, -0.2) is 9.97 Å². The molecule has 4 heteroatoms. The number of aromatic nitrogens is 2. The lowest BCUT2D eigenvalue weighted by molar-refractivity contribution is 0.477. The summed E-state index contributed by atoms with van der Waals surface area (Å²) >= 11 is 0. The molecule has 0 amide bonds. The van der Waals surface area contributed by atoms with Gasteiger partial charge in [-0.25, -0.2) is 0 Å². The van der Waals surface area contributed by atoms with Crippen molar-refractivity contribution in [3.05, 3.63) is 60.6 Å². The highest BCUT2D eigenvalue weighted by Crippen LogP contribution is 2.24. The summed E-state index contributed by atoms with van der Waals surface area (Å²) in [6.45, 7) is 2.04. The van der Waals surface area contributed by atoms with Crippen molar-refractivity contribution < 1.29 is 4.74 Å². The number of rotatable bonds is 4. The normalized spacial score (nSPS) is 12.3. The molecule has 2 heterocycles. The highest BCUT2D eigenvalue weighted by Gasteiger charge is 2.05. The Morgan fingerprint density at radius 1 is 1.05 bits per heavy atom. The number of fused-ring (bicyclic) bond motifs is 1. The van der Waals surface area contributed by atoms with Crippen LogP contribution in [0.15, 0.2) is 54.9 Å². The van der Waals surface area contributed by atoms with Gasteiger partial charge in [0, 0.05) is 11.4 Å². The Balaban J connectivity index is 1.81. The number of hydrogen-bond donors (Lipinski definition) is 1. The van der Waals surface area contributed by atoms with Crippen LogP contribution in [0.4, 0.5) is 0 Å². The first kappa shape index (κ1) is 13.5. The van der Waals surface area contributed by atoms with Crippen LogP contribution < -0.4 is 10.5 Å². The SMILES string of the molecule is CC[C@H](N)c1ccc(Oc2cnc3ccccc3c2)cn1. The first-order valence-electron chi connectivity index (χ1n) is 7.00. The number of hydrogen-bond acceptors (Lipinski definition) is 4. The van der Waals surface area contributed by atoms with E-state index in [1.165, 1.54) is 0 Å². The number of para-hydroxylation sites is 1. The molecule has 4 nitrogen and oxygen atoms in total. The standard InChI is InChI=1S/C17H17N3O/c1-2-15(18)17-8-7-13(10-20-17)21-14-9-12-5-3-4-6-16(12)19-11-14/h3-11,15H,2,18H2,1H3/t15-/m0/s1. The third kappa shape index (κ3) is 3.01. The van der Waals surface area contributed by atoms with Crippen LogP contribution in [-0.2, 0) is 0 Å². The highest BCUT2D eigenvalue weighted by molar-refractivity contribution is 5.79. The molecular formula is C17H17N3O. The molecule has 3 rings (SSSR count). The van der Waals surface area contributed by atoms with E-state index in [9.17, 15) is 0 Å². The topological polar surface area (TPSA) is 61.0 Å². The number of benzene rings is 1. The molecule has 0 fully saturated rings. The van der Waals surface area contributed by atoms with Gasteiger partial charge in [0.05, 0.1) is 23.6 Å². The average molecular weight is 279 g/mol.